The Morgan fingerprint density at radius 3 is 2.95 bits per heavy atom. The lowest BCUT2D eigenvalue weighted by molar-refractivity contribution is -0.126. The molecule has 0 radical (unpaired) electrons. The van der Waals surface area contributed by atoms with Crippen molar-refractivity contribution in [3.8, 4) is 0 Å². The van der Waals surface area contributed by atoms with Gasteiger partial charge in [0, 0.05) is 18.5 Å². The summed E-state index contributed by atoms with van der Waals surface area (Å²) in [6, 6.07) is 6.05. The minimum atomic E-state index is -0.494. The van der Waals surface area contributed by atoms with Crippen molar-refractivity contribution in [1.82, 2.24) is 5.32 Å². The third-order valence-electron chi connectivity index (χ3n) is 3.83. The molecule has 0 heterocycles. The van der Waals surface area contributed by atoms with Crippen LogP contribution < -0.4 is 11.1 Å². The van der Waals surface area contributed by atoms with Crippen LogP contribution in [0.15, 0.2) is 24.3 Å². The number of aliphatic hydroxyl groups is 1. The molecule has 2 rings (SSSR count). The van der Waals surface area contributed by atoms with Crippen molar-refractivity contribution in [1.29, 1.82) is 0 Å². The SMILES string of the molecule is N[C@@H]1C[C@@H](C(=O)NCCc2cccc(F)c2)CC[C@H]1O. The molecule has 0 unspecified atom stereocenters. The Morgan fingerprint density at radius 1 is 1.45 bits per heavy atom. The van der Waals surface area contributed by atoms with E-state index in [1.807, 2.05) is 6.07 Å². The van der Waals surface area contributed by atoms with Gasteiger partial charge in [-0.05, 0) is 43.4 Å². The average molecular weight is 280 g/mol. The molecule has 1 aliphatic rings. The van der Waals surface area contributed by atoms with Crippen molar-refractivity contribution < 1.29 is 14.3 Å². The molecule has 1 aromatic carbocycles. The normalized spacial score (nSPS) is 26.2. The Labute approximate surface area is 118 Å². The molecule has 4 N–H and O–H groups in total. The predicted octanol–water partition coefficient (Wildman–Crippen LogP) is 0.973. The summed E-state index contributed by atoms with van der Waals surface area (Å²) >= 11 is 0. The summed E-state index contributed by atoms with van der Waals surface area (Å²) in [6.45, 7) is 0.483. The lowest BCUT2D eigenvalue weighted by Gasteiger charge is -2.30. The molecule has 20 heavy (non-hydrogen) atoms. The molecule has 1 aromatic rings. The van der Waals surface area contributed by atoms with Crippen molar-refractivity contribution in [3.05, 3.63) is 35.6 Å². The van der Waals surface area contributed by atoms with Crippen molar-refractivity contribution in [2.75, 3.05) is 6.54 Å². The molecule has 4 nitrogen and oxygen atoms in total. The Hall–Kier alpha value is -1.46. The minimum absolute atomic E-state index is 0.0243. The van der Waals surface area contributed by atoms with E-state index < -0.39 is 6.10 Å². The number of nitrogens with two attached hydrogens (primary N) is 1. The summed E-state index contributed by atoms with van der Waals surface area (Å²) in [5, 5.41) is 12.4. The molecular formula is C15H21FN2O2. The summed E-state index contributed by atoms with van der Waals surface area (Å²) in [7, 11) is 0. The van der Waals surface area contributed by atoms with E-state index in [0.29, 0.717) is 32.2 Å². The van der Waals surface area contributed by atoms with Gasteiger partial charge < -0.3 is 16.2 Å². The van der Waals surface area contributed by atoms with Crippen LogP contribution in [0.5, 0.6) is 0 Å². The predicted molar refractivity (Wildman–Crippen MR) is 74.4 cm³/mol. The molecule has 1 saturated carbocycles. The summed E-state index contributed by atoms with van der Waals surface area (Å²) in [5.74, 6) is -0.411. The highest BCUT2D eigenvalue weighted by atomic mass is 19.1. The fraction of sp³-hybridized carbons (Fsp3) is 0.533. The Kier molecular flexibility index (Phi) is 5.09. The summed E-state index contributed by atoms with van der Waals surface area (Å²) < 4.78 is 13.0. The van der Waals surface area contributed by atoms with Gasteiger partial charge in [-0.1, -0.05) is 12.1 Å². The number of carbonyl (C=O) groups is 1. The van der Waals surface area contributed by atoms with Gasteiger partial charge >= 0.3 is 0 Å². The number of rotatable bonds is 4. The zero-order valence-electron chi connectivity index (χ0n) is 11.4. The number of nitrogens with one attached hydrogen (secondary N) is 1. The smallest absolute Gasteiger partial charge is 0.223 e. The van der Waals surface area contributed by atoms with E-state index in [1.54, 1.807) is 6.07 Å². The lowest BCUT2D eigenvalue weighted by atomic mass is 9.83. The second kappa shape index (κ2) is 6.81. The number of benzene rings is 1. The number of hydrogen-bond donors (Lipinski definition) is 3. The third kappa shape index (κ3) is 4.02. The van der Waals surface area contributed by atoms with Crippen LogP contribution in [0.4, 0.5) is 4.39 Å². The number of aliphatic hydroxyl groups excluding tert-OH is 1. The molecule has 1 aliphatic carbocycles. The molecule has 0 saturated heterocycles. The van der Waals surface area contributed by atoms with Gasteiger partial charge in [0.15, 0.2) is 0 Å². The van der Waals surface area contributed by atoms with E-state index >= 15 is 0 Å². The zero-order chi connectivity index (χ0) is 14.5. The minimum Gasteiger partial charge on any atom is -0.392 e. The van der Waals surface area contributed by atoms with E-state index in [0.717, 1.165) is 5.56 Å². The first-order valence-corrected chi connectivity index (χ1v) is 7.02. The Morgan fingerprint density at radius 2 is 2.25 bits per heavy atom. The van der Waals surface area contributed by atoms with Gasteiger partial charge in [0.05, 0.1) is 6.10 Å². The van der Waals surface area contributed by atoms with Crippen LogP contribution in [0, 0.1) is 11.7 Å². The number of amides is 1. The van der Waals surface area contributed by atoms with Crippen LogP contribution in [-0.2, 0) is 11.2 Å². The van der Waals surface area contributed by atoms with E-state index in [4.69, 9.17) is 5.73 Å². The van der Waals surface area contributed by atoms with Gasteiger partial charge in [0.25, 0.3) is 0 Å². The summed E-state index contributed by atoms with van der Waals surface area (Å²) in [4.78, 5) is 12.0. The van der Waals surface area contributed by atoms with Gasteiger partial charge in [0.1, 0.15) is 5.82 Å². The van der Waals surface area contributed by atoms with E-state index in [1.165, 1.54) is 12.1 Å². The lowest BCUT2D eigenvalue weighted by Crippen LogP contribution is -2.45. The highest BCUT2D eigenvalue weighted by Gasteiger charge is 2.30. The maximum Gasteiger partial charge on any atom is 0.223 e. The number of halogens is 1. The van der Waals surface area contributed by atoms with Crippen LogP contribution in [0.1, 0.15) is 24.8 Å². The Balaban J connectivity index is 1.75. The summed E-state index contributed by atoms with van der Waals surface area (Å²) in [6.07, 6.45) is 1.87. The highest BCUT2D eigenvalue weighted by Crippen LogP contribution is 2.23. The number of hydrogen-bond acceptors (Lipinski definition) is 3. The van der Waals surface area contributed by atoms with Crippen LogP contribution in [-0.4, -0.2) is 29.7 Å². The second-order valence-electron chi connectivity index (χ2n) is 5.41. The van der Waals surface area contributed by atoms with Crippen molar-refractivity contribution in [2.45, 2.75) is 37.8 Å². The van der Waals surface area contributed by atoms with E-state index in [-0.39, 0.29) is 23.7 Å². The first-order chi connectivity index (χ1) is 9.56. The first-order valence-electron chi connectivity index (χ1n) is 7.02. The average Bonchev–Trinajstić information content (AvgIpc) is 2.42. The van der Waals surface area contributed by atoms with Crippen LogP contribution in [0.2, 0.25) is 0 Å². The largest absolute Gasteiger partial charge is 0.392 e. The monoisotopic (exact) mass is 280 g/mol. The van der Waals surface area contributed by atoms with Gasteiger partial charge in [-0.15, -0.1) is 0 Å². The molecule has 0 aliphatic heterocycles. The molecule has 1 fully saturated rings. The van der Waals surface area contributed by atoms with Crippen LogP contribution in [0.25, 0.3) is 0 Å². The standard InChI is InChI=1S/C15H21FN2O2/c16-12-3-1-2-10(8-12)6-7-18-15(20)11-4-5-14(19)13(17)9-11/h1-3,8,11,13-14,19H,4-7,9,17H2,(H,18,20)/t11-,13+,14+/m0/s1. The van der Waals surface area contributed by atoms with Crippen molar-refractivity contribution in [3.63, 3.8) is 0 Å². The molecule has 1 amide bonds. The van der Waals surface area contributed by atoms with E-state index in [9.17, 15) is 14.3 Å². The topological polar surface area (TPSA) is 75.4 Å². The van der Waals surface area contributed by atoms with Crippen molar-refractivity contribution >= 4 is 5.91 Å². The molecular weight excluding hydrogens is 259 g/mol. The second-order valence-corrected chi connectivity index (χ2v) is 5.41. The third-order valence-corrected chi connectivity index (χ3v) is 3.83. The van der Waals surface area contributed by atoms with Gasteiger partial charge in [-0.25, -0.2) is 4.39 Å². The maximum atomic E-state index is 13.0. The van der Waals surface area contributed by atoms with Gasteiger partial charge in [-0.2, -0.15) is 0 Å². The molecule has 110 valence electrons. The fourth-order valence-electron chi connectivity index (χ4n) is 2.59. The zero-order valence-corrected chi connectivity index (χ0v) is 11.4. The number of carbonyl (C=O) groups excluding carboxylic acids is 1. The highest BCUT2D eigenvalue weighted by molar-refractivity contribution is 5.78. The van der Waals surface area contributed by atoms with Crippen LogP contribution >= 0.6 is 0 Å². The molecule has 0 spiro atoms. The van der Waals surface area contributed by atoms with Crippen LogP contribution in [0.3, 0.4) is 0 Å². The quantitative estimate of drug-likeness (QED) is 0.769. The maximum absolute atomic E-state index is 13.0. The summed E-state index contributed by atoms with van der Waals surface area (Å²) in [5.41, 5.74) is 6.63. The molecule has 0 aromatic heterocycles. The van der Waals surface area contributed by atoms with Gasteiger partial charge in [-0.3, -0.25) is 4.79 Å². The molecule has 5 heteroatoms. The first kappa shape index (κ1) is 14.9. The fourth-order valence-corrected chi connectivity index (χ4v) is 2.59. The van der Waals surface area contributed by atoms with E-state index in [2.05, 4.69) is 5.32 Å². The molecule has 3 atom stereocenters. The van der Waals surface area contributed by atoms with Crippen molar-refractivity contribution in [2.24, 2.45) is 11.7 Å². The Bertz CT molecular complexity index is 467. The van der Waals surface area contributed by atoms with Gasteiger partial charge in [0.2, 0.25) is 5.91 Å². The molecule has 0 bridgehead atoms.